The van der Waals surface area contributed by atoms with Gasteiger partial charge in [0.2, 0.25) is 0 Å². The van der Waals surface area contributed by atoms with E-state index in [2.05, 4.69) is 51.6 Å². The monoisotopic (exact) mass is 251 g/mol. The molecule has 0 radical (unpaired) electrons. The van der Waals surface area contributed by atoms with Crippen LogP contribution in [0, 0.1) is 0 Å². The summed E-state index contributed by atoms with van der Waals surface area (Å²) in [7, 11) is 0. The molecule has 0 spiro atoms. The summed E-state index contributed by atoms with van der Waals surface area (Å²) in [5.74, 6) is 0. The first-order chi connectivity index (χ1) is 6.86. The first-order valence-electron chi connectivity index (χ1n) is 5.02. The Hall–Kier alpha value is -0.760. The summed E-state index contributed by atoms with van der Waals surface area (Å²) in [6.45, 7) is 0.909. The summed E-state index contributed by atoms with van der Waals surface area (Å²) in [6.07, 6.45) is 14.5. The molecule has 0 fully saturated rings. The first-order valence-corrected chi connectivity index (χ1v) is 5.81. The summed E-state index contributed by atoms with van der Waals surface area (Å²) in [5.41, 5.74) is 2.75. The zero-order valence-electron chi connectivity index (χ0n) is 8.09. The van der Waals surface area contributed by atoms with Gasteiger partial charge in [-0.3, -0.25) is 0 Å². The maximum absolute atomic E-state index is 3.52. The van der Waals surface area contributed by atoms with Gasteiger partial charge in [0, 0.05) is 16.7 Å². The second-order valence-electron chi connectivity index (χ2n) is 3.50. The fourth-order valence-corrected chi connectivity index (χ4v) is 2.07. The number of fused-ring (bicyclic) bond motifs is 1. The number of nitrogens with one attached hydrogen (secondary N) is 1. The Morgan fingerprint density at radius 1 is 1.14 bits per heavy atom. The molecule has 0 aromatic carbocycles. The van der Waals surface area contributed by atoms with E-state index in [1.165, 1.54) is 28.6 Å². The van der Waals surface area contributed by atoms with Crippen molar-refractivity contribution in [3.63, 3.8) is 0 Å². The molecule has 0 amide bonds. The van der Waals surface area contributed by atoms with Gasteiger partial charge in [0.1, 0.15) is 0 Å². The molecule has 74 valence electrons. The number of hydrogen-bond donors (Lipinski definition) is 1. The Kier molecular flexibility index (Phi) is 3.25. The number of halogens is 1. The van der Waals surface area contributed by atoms with Gasteiger partial charge in [0.25, 0.3) is 0 Å². The van der Waals surface area contributed by atoms with Crippen molar-refractivity contribution in [1.82, 2.24) is 5.32 Å². The average Bonchev–Trinajstić information content (AvgIpc) is 2.30. The van der Waals surface area contributed by atoms with Gasteiger partial charge >= 0.3 is 0 Å². The Bertz CT molecular complexity index is 334. The predicted octanol–water partition coefficient (Wildman–Crippen LogP) is 3.42. The van der Waals surface area contributed by atoms with E-state index in [0.717, 1.165) is 13.0 Å². The molecule has 1 aliphatic carbocycles. The molecule has 2 aliphatic rings. The highest BCUT2D eigenvalue weighted by atomic mass is 79.9. The third-order valence-electron chi connectivity index (χ3n) is 2.46. The van der Waals surface area contributed by atoms with Crippen molar-refractivity contribution in [2.45, 2.75) is 19.3 Å². The van der Waals surface area contributed by atoms with Crippen molar-refractivity contribution in [3.8, 4) is 0 Å². The van der Waals surface area contributed by atoms with E-state index in [-0.39, 0.29) is 0 Å². The molecule has 0 saturated carbocycles. The van der Waals surface area contributed by atoms with Crippen LogP contribution in [0.15, 0.2) is 46.1 Å². The standard InChI is InChI=1S/C12H14BrN/c13-11-5-3-9-14-12-6-2-1-4-10(12)7-8-11/h3-6,8,14H,1-2,7,9H2. The molecule has 0 saturated heterocycles. The normalized spacial score (nSPS) is 21.6. The lowest BCUT2D eigenvalue weighted by Crippen LogP contribution is -2.15. The second kappa shape index (κ2) is 4.65. The van der Waals surface area contributed by atoms with Crippen LogP contribution in [0.1, 0.15) is 19.3 Å². The van der Waals surface area contributed by atoms with E-state index < -0.39 is 0 Å². The van der Waals surface area contributed by atoms with Crippen LogP contribution >= 0.6 is 15.9 Å². The second-order valence-corrected chi connectivity index (χ2v) is 4.42. The third-order valence-corrected chi connectivity index (χ3v) is 3.04. The number of rotatable bonds is 0. The fraction of sp³-hybridized carbons (Fsp3) is 0.333. The van der Waals surface area contributed by atoms with Gasteiger partial charge in [0.15, 0.2) is 0 Å². The van der Waals surface area contributed by atoms with Crippen LogP contribution < -0.4 is 5.32 Å². The lowest BCUT2D eigenvalue weighted by atomic mass is 10.0. The van der Waals surface area contributed by atoms with Crippen molar-refractivity contribution >= 4 is 15.9 Å². The van der Waals surface area contributed by atoms with Crippen molar-refractivity contribution in [1.29, 1.82) is 0 Å². The largest absolute Gasteiger partial charge is 0.382 e. The van der Waals surface area contributed by atoms with E-state index in [1.807, 2.05) is 0 Å². The van der Waals surface area contributed by atoms with Crippen LogP contribution in [0.5, 0.6) is 0 Å². The molecule has 0 atom stereocenters. The fourth-order valence-electron chi connectivity index (χ4n) is 1.72. The summed E-state index contributed by atoms with van der Waals surface area (Å²) in [6, 6.07) is 0. The summed E-state index contributed by atoms with van der Waals surface area (Å²) in [4.78, 5) is 0. The van der Waals surface area contributed by atoms with Crippen LogP contribution in [0.4, 0.5) is 0 Å². The minimum absolute atomic E-state index is 0.909. The van der Waals surface area contributed by atoms with Crippen LogP contribution in [-0.2, 0) is 0 Å². The molecule has 0 unspecified atom stereocenters. The molecular weight excluding hydrogens is 238 g/mol. The molecule has 14 heavy (non-hydrogen) atoms. The third kappa shape index (κ3) is 2.38. The molecular formula is C12H14BrN. The van der Waals surface area contributed by atoms with Crippen molar-refractivity contribution in [2.24, 2.45) is 0 Å². The Morgan fingerprint density at radius 2 is 2.00 bits per heavy atom. The summed E-state index contributed by atoms with van der Waals surface area (Å²) in [5, 5.41) is 3.44. The zero-order chi connectivity index (χ0) is 9.80. The van der Waals surface area contributed by atoms with Crippen LogP contribution in [0.25, 0.3) is 0 Å². The highest BCUT2D eigenvalue weighted by Crippen LogP contribution is 2.22. The molecule has 1 aliphatic heterocycles. The SMILES string of the molecule is BrC1=CCC2=CCCC=C2NCC=C1. The molecule has 0 bridgehead atoms. The molecule has 2 rings (SSSR count). The van der Waals surface area contributed by atoms with Gasteiger partial charge < -0.3 is 5.32 Å². The quantitative estimate of drug-likeness (QED) is 0.696. The molecule has 1 nitrogen and oxygen atoms in total. The Balaban J connectivity index is 2.21. The van der Waals surface area contributed by atoms with Crippen molar-refractivity contribution in [2.75, 3.05) is 6.54 Å². The summed E-state index contributed by atoms with van der Waals surface area (Å²) >= 11 is 3.52. The van der Waals surface area contributed by atoms with E-state index >= 15 is 0 Å². The topological polar surface area (TPSA) is 12.0 Å². The molecule has 0 aromatic heterocycles. The highest BCUT2D eigenvalue weighted by Gasteiger charge is 2.07. The van der Waals surface area contributed by atoms with Gasteiger partial charge in [0.05, 0.1) is 0 Å². The highest BCUT2D eigenvalue weighted by molar-refractivity contribution is 9.11. The van der Waals surface area contributed by atoms with E-state index in [9.17, 15) is 0 Å². The molecule has 1 N–H and O–H groups in total. The van der Waals surface area contributed by atoms with Gasteiger partial charge in [-0.2, -0.15) is 0 Å². The number of hydrogen-bond acceptors (Lipinski definition) is 1. The minimum atomic E-state index is 0.909. The average molecular weight is 252 g/mol. The van der Waals surface area contributed by atoms with E-state index in [1.54, 1.807) is 0 Å². The lowest BCUT2D eigenvalue weighted by molar-refractivity contribution is 0.852. The van der Waals surface area contributed by atoms with Crippen LogP contribution in [0.2, 0.25) is 0 Å². The maximum Gasteiger partial charge on any atom is 0.0334 e. The number of allylic oxidation sites excluding steroid dienone is 6. The van der Waals surface area contributed by atoms with Gasteiger partial charge in [-0.1, -0.05) is 46.3 Å². The van der Waals surface area contributed by atoms with E-state index in [0.29, 0.717) is 0 Å². The lowest BCUT2D eigenvalue weighted by Gasteiger charge is -2.15. The van der Waals surface area contributed by atoms with Crippen molar-refractivity contribution < 1.29 is 0 Å². The summed E-state index contributed by atoms with van der Waals surface area (Å²) < 4.78 is 1.17. The zero-order valence-corrected chi connectivity index (χ0v) is 9.68. The smallest absolute Gasteiger partial charge is 0.0334 e. The molecule has 0 aromatic rings. The van der Waals surface area contributed by atoms with Crippen LogP contribution in [-0.4, -0.2) is 6.54 Å². The molecule has 1 heterocycles. The Morgan fingerprint density at radius 3 is 2.93 bits per heavy atom. The van der Waals surface area contributed by atoms with Gasteiger partial charge in [-0.05, 0) is 24.8 Å². The minimum Gasteiger partial charge on any atom is -0.382 e. The van der Waals surface area contributed by atoms with Gasteiger partial charge in [-0.25, -0.2) is 0 Å². The van der Waals surface area contributed by atoms with E-state index in [4.69, 9.17) is 0 Å². The maximum atomic E-state index is 3.52. The van der Waals surface area contributed by atoms with Gasteiger partial charge in [-0.15, -0.1) is 0 Å². The molecule has 2 heteroatoms. The van der Waals surface area contributed by atoms with Crippen LogP contribution in [0.3, 0.4) is 0 Å². The first kappa shape index (κ1) is 9.78. The predicted molar refractivity (Wildman–Crippen MR) is 64.2 cm³/mol. The Labute approximate surface area is 93.4 Å². The van der Waals surface area contributed by atoms with Crippen molar-refractivity contribution in [3.05, 3.63) is 46.1 Å².